The van der Waals surface area contributed by atoms with Gasteiger partial charge in [0.05, 0.1) is 19.0 Å². The van der Waals surface area contributed by atoms with Crippen molar-refractivity contribution in [3.63, 3.8) is 0 Å². The van der Waals surface area contributed by atoms with Gasteiger partial charge in [-0.3, -0.25) is 10.1 Å². The number of anilines is 1. The van der Waals surface area contributed by atoms with Gasteiger partial charge in [0.25, 0.3) is 0 Å². The molecular weight excluding hydrogens is 422 g/mol. The van der Waals surface area contributed by atoms with Crippen LogP contribution in [-0.4, -0.2) is 36.8 Å². The predicted octanol–water partition coefficient (Wildman–Crippen LogP) is 5.25. The van der Waals surface area contributed by atoms with E-state index in [9.17, 15) is 9.59 Å². The molecule has 32 heavy (non-hydrogen) atoms. The van der Waals surface area contributed by atoms with Gasteiger partial charge in [0.15, 0.2) is 0 Å². The minimum atomic E-state index is -0.358. The van der Waals surface area contributed by atoms with E-state index in [2.05, 4.69) is 22.8 Å². The van der Waals surface area contributed by atoms with Gasteiger partial charge in [0.1, 0.15) is 0 Å². The number of carbonyl (C=O) groups is 2. The first-order chi connectivity index (χ1) is 15.6. The molecule has 1 saturated carbocycles. The molecule has 0 heterocycles. The van der Waals surface area contributed by atoms with Crippen LogP contribution in [0, 0.1) is 5.92 Å². The van der Waals surface area contributed by atoms with Gasteiger partial charge in [-0.15, -0.1) is 11.8 Å². The Balaban J connectivity index is 0.000000344. The summed E-state index contributed by atoms with van der Waals surface area (Å²) in [6.07, 6.45) is 5.84. The molecule has 0 atom stereocenters. The lowest BCUT2D eigenvalue weighted by Gasteiger charge is -2.21. The highest BCUT2D eigenvalue weighted by Crippen LogP contribution is 2.24. The van der Waals surface area contributed by atoms with Gasteiger partial charge in [0, 0.05) is 5.69 Å². The van der Waals surface area contributed by atoms with E-state index < -0.39 is 0 Å². The second kappa shape index (κ2) is 15.3. The number of thioether (sulfide) groups is 1. The lowest BCUT2D eigenvalue weighted by atomic mass is 9.90. The minimum absolute atomic E-state index is 0.0871. The Morgan fingerprint density at radius 1 is 1.00 bits per heavy atom. The molecule has 6 nitrogen and oxygen atoms in total. The molecule has 0 bridgehead atoms. The third kappa shape index (κ3) is 10.2. The molecule has 2 amide bonds. The fraction of sp³-hybridized carbons (Fsp3) is 0.440. The molecule has 3 rings (SSSR count). The van der Waals surface area contributed by atoms with Gasteiger partial charge in [-0.25, -0.2) is 4.79 Å². The number of rotatable bonds is 8. The van der Waals surface area contributed by atoms with Crippen molar-refractivity contribution in [2.45, 2.75) is 39.0 Å². The molecule has 0 saturated heterocycles. The zero-order valence-corrected chi connectivity index (χ0v) is 19.7. The summed E-state index contributed by atoms with van der Waals surface area (Å²) in [6.45, 7) is 2.66. The van der Waals surface area contributed by atoms with Crippen molar-refractivity contribution in [1.29, 1.82) is 0 Å². The van der Waals surface area contributed by atoms with Crippen molar-refractivity contribution in [2.24, 2.45) is 11.7 Å². The monoisotopic (exact) mass is 457 g/mol. The Morgan fingerprint density at radius 2 is 1.66 bits per heavy atom. The number of nitrogens with one attached hydrogen (secondary N) is 2. The van der Waals surface area contributed by atoms with E-state index in [1.54, 1.807) is 11.8 Å². The predicted molar refractivity (Wildman–Crippen MR) is 134 cm³/mol. The molecule has 0 aromatic heterocycles. The molecule has 2 aromatic carbocycles. The average molecular weight is 458 g/mol. The summed E-state index contributed by atoms with van der Waals surface area (Å²) in [7, 11) is 0. The van der Waals surface area contributed by atoms with E-state index in [4.69, 9.17) is 10.5 Å². The summed E-state index contributed by atoms with van der Waals surface area (Å²) in [5, 5.41) is 5.43. The first-order valence-corrected chi connectivity index (χ1v) is 12.4. The highest BCUT2D eigenvalue weighted by molar-refractivity contribution is 7.99. The number of benzene rings is 2. The number of hydrogen-bond acceptors (Lipinski definition) is 5. The molecule has 0 spiro atoms. The Kier molecular flexibility index (Phi) is 12.3. The summed E-state index contributed by atoms with van der Waals surface area (Å²) in [5.74, 6) is 2.14. The topological polar surface area (TPSA) is 93.5 Å². The summed E-state index contributed by atoms with van der Waals surface area (Å²) < 4.78 is 5.35. The molecule has 0 radical (unpaired) electrons. The van der Waals surface area contributed by atoms with Gasteiger partial charge in [-0.1, -0.05) is 68.7 Å². The third-order valence-corrected chi connectivity index (χ3v) is 5.93. The van der Waals surface area contributed by atoms with Gasteiger partial charge < -0.3 is 15.8 Å². The van der Waals surface area contributed by atoms with Crippen LogP contribution in [0.15, 0.2) is 54.6 Å². The van der Waals surface area contributed by atoms with Crippen molar-refractivity contribution < 1.29 is 14.3 Å². The molecular formula is C25H35N3O3S. The summed E-state index contributed by atoms with van der Waals surface area (Å²) in [4.78, 5) is 22.3. The maximum atomic E-state index is 11.9. The van der Waals surface area contributed by atoms with Crippen LogP contribution in [0.2, 0.25) is 0 Å². The second-order valence-electron chi connectivity index (χ2n) is 7.61. The molecule has 0 unspecified atom stereocenters. The van der Waals surface area contributed by atoms with Crippen LogP contribution in [-0.2, 0) is 9.53 Å². The quantitative estimate of drug-likeness (QED) is 0.372. The number of ether oxygens (including phenoxy) is 1. The van der Waals surface area contributed by atoms with Crippen molar-refractivity contribution in [3.05, 3.63) is 54.6 Å². The van der Waals surface area contributed by atoms with Crippen LogP contribution in [0.4, 0.5) is 10.5 Å². The zero-order valence-electron chi connectivity index (χ0n) is 18.8. The number of amides is 2. The number of hydrogen-bond donors (Lipinski definition) is 3. The fourth-order valence-electron chi connectivity index (χ4n) is 3.38. The summed E-state index contributed by atoms with van der Waals surface area (Å²) in [6, 6.07) is 18.0. The highest BCUT2D eigenvalue weighted by Gasteiger charge is 2.15. The number of carbonyl (C=O) groups excluding carboxylic acids is 2. The Bertz CT molecular complexity index is 794. The summed E-state index contributed by atoms with van der Waals surface area (Å²) >= 11 is 1.66. The lowest BCUT2D eigenvalue weighted by Crippen LogP contribution is -2.29. The average Bonchev–Trinajstić information content (AvgIpc) is 2.85. The molecule has 1 fully saturated rings. The smallest absolute Gasteiger partial charge is 0.411 e. The van der Waals surface area contributed by atoms with Crippen LogP contribution >= 0.6 is 11.8 Å². The summed E-state index contributed by atoms with van der Waals surface area (Å²) in [5.41, 5.74) is 8.09. The number of nitrogens with two attached hydrogens (primary N) is 1. The van der Waals surface area contributed by atoms with Gasteiger partial charge in [-0.05, 0) is 47.8 Å². The molecule has 4 N–H and O–H groups in total. The van der Waals surface area contributed by atoms with E-state index in [-0.39, 0.29) is 18.5 Å². The van der Waals surface area contributed by atoms with Crippen molar-refractivity contribution >= 4 is 29.4 Å². The van der Waals surface area contributed by atoms with Crippen LogP contribution < -0.4 is 16.4 Å². The third-order valence-electron chi connectivity index (χ3n) is 5.17. The Morgan fingerprint density at radius 3 is 2.28 bits per heavy atom. The first-order valence-electron chi connectivity index (χ1n) is 11.3. The zero-order chi connectivity index (χ0) is 23.0. The largest absolute Gasteiger partial charge is 0.449 e. The van der Waals surface area contributed by atoms with Crippen LogP contribution in [0.3, 0.4) is 0 Å². The van der Waals surface area contributed by atoms with E-state index in [1.165, 1.54) is 37.7 Å². The van der Waals surface area contributed by atoms with Gasteiger partial charge >= 0.3 is 6.09 Å². The first kappa shape index (κ1) is 25.7. The van der Waals surface area contributed by atoms with Crippen molar-refractivity contribution in [2.75, 3.05) is 30.1 Å². The van der Waals surface area contributed by atoms with E-state index in [1.807, 2.05) is 49.4 Å². The Labute approximate surface area is 195 Å². The molecule has 2 aromatic rings. The normalized spacial score (nSPS) is 13.4. The van der Waals surface area contributed by atoms with E-state index in [0.29, 0.717) is 18.4 Å². The maximum Gasteiger partial charge on any atom is 0.411 e. The van der Waals surface area contributed by atoms with Crippen LogP contribution in [0.5, 0.6) is 0 Å². The van der Waals surface area contributed by atoms with Crippen molar-refractivity contribution in [1.82, 2.24) is 5.32 Å². The van der Waals surface area contributed by atoms with E-state index in [0.717, 1.165) is 17.0 Å². The second-order valence-corrected chi connectivity index (χ2v) is 8.89. The van der Waals surface area contributed by atoms with Crippen molar-refractivity contribution in [3.8, 4) is 11.1 Å². The lowest BCUT2D eigenvalue weighted by molar-refractivity contribution is -0.119. The Hall–Kier alpha value is -2.51. The standard InChI is InChI=1S/C20H23NO2.C5H12N2OS/c22-20(23-15-16-7-3-1-4-8-16)21-19-13-11-18(12-14-19)17-9-5-2-6-10-17;1-2-9-4-7-5(8)3-6/h2,5-6,9-14,16H,1,3-4,7-8,15H2,(H,21,22);2-4,6H2,1H3,(H,7,8). The highest BCUT2D eigenvalue weighted by atomic mass is 32.2. The maximum absolute atomic E-state index is 11.9. The molecule has 174 valence electrons. The van der Waals surface area contributed by atoms with Gasteiger partial charge in [-0.2, -0.15) is 0 Å². The molecule has 1 aliphatic carbocycles. The molecule has 7 heteroatoms. The van der Waals surface area contributed by atoms with Crippen LogP contribution in [0.25, 0.3) is 11.1 Å². The fourth-order valence-corrected chi connectivity index (χ4v) is 3.85. The van der Waals surface area contributed by atoms with E-state index >= 15 is 0 Å². The SMILES string of the molecule is CCSCNC(=O)CN.O=C(Nc1ccc(-c2ccccc2)cc1)OCC1CCCCC1. The molecule has 0 aliphatic heterocycles. The minimum Gasteiger partial charge on any atom is -0.449 e. The van der Waals surface area contributed by atoms with Gasteiger partial charge in [0.2, 0.25) is 5.91 Å². The molecule has 1 aliphatic rings. The van der Waals surface area contributed by atoms with Crippen LogP contribution in [0.1, 0.15) is 39.0 Å².